The van der Waals surface area contributed by atoms with Crippen LogP contribution in [-0.2, 0) is 0 Å². The highest BCUT2D eigenvalue weighted by molar-refractivity contribution is 6.34. The minimum atomic E-state index is -3.86. The van der Waals surface area contributed by atoms with Crippen molar-refractivity contribution < 1.29 is 17.9 Å². The van der Waals surface area contributed by atoms with Gasteiger partial charge in [-0.25, -0.2) is 4.39 Å². The van der Waals surface area contributed by atoms with E-state index in [1.165, 1.54) is 23.1 Å². The second kappa shape index (κ2) is 8.34. The minimum absolute atomic E-state index is 0.126. The molecule has 0 aliphatic rings. The summed E-state index contributed by atoms with van der Waals surface area (Å²) in [6, 6.07) is 5.47. The lowest BCUT2D eigenvalue weighted by Gasteiger charge is -2.21. The number of hydrogen-bond acceptors (Lipinski definition) is 5. The van der Waals surface area contributed by atoms with Crippen LogP contribution in [0.5, 0.6) is 5.75 Å². The molecule has 1 atom stereocenters. The van der Waals surface area contributed by atoms with Crippen molar-refractivity contribution in [2.75, 3.05) is 12.4 Å². The molecule has 0 spiro atoms. The lowest BCUT2D eigenvalue weighted by molar-refractivity contribution is -0.186. The molecule has 2 rings (SSSR count). The molecule has 1 aromatic heterocycles. The summed E-state index contributed by atoms with van der Waals surface area (Å²) in [7, 11) is 0. The zero-order valence-corrected chi connectivity index (χ0v) is 15.5. The summed E-state index contributed by atoms with van der Waals surface area (Å²) < 4.78 is 43.7. The van der Waals surface area contributed by atoms with Crippen molar-refractivity contribution in [2.45, 2.75) is 26.0 Å². The molecule has 0 aliphatic heterocycles. The fourth-order valence-corrected chi connectivity index (χ4v) is 2.29. The highest BCUT2D eigenvalue weighted by atomic mass is 35.5. The van der Waals surface area contributed by atoms with Crippen molar-refractivity contribution in [3.63, 3.8) is 0 Å². The molecular formula is C17H19ClF3N5O. The Morgan fingerprint density at radius 1 is 1.41 bits per heavy atom. The Kier molecular flexibility index (Phi) is 6.37. The van der Waals surface area contributed by atoms with Gasteiger partial charge >= 0.3 is 6.11 Å². The Labute approximate surface area is 159 Å². The van der Waals surface area contributed by atoms with Gasteiger partial charge in [-0.05, 0) is 37.1 Å². The Bertz CT molecular complexity index is 835. The van der Waals surface area contributed by atoms with Crippen molar-refractivity contribution in [1.29, 1.82) is 0 Å². The van der Waals surface area contributed by atoms with Crippen LogP contribution in [0.3, 0.4) is 0 Å². The van der Waals surface area contributed by atoms with Crippen LogP contribution in [0.1, 0.15) is 25.5 Å². The minimum Gasteiger partial charge on any atom is -0.431 e. The zero-order valence-electron chi connectivity index (χ0n) is 14.7. The molecule has 0 saturated carbocycles. The number of nitrogens with one attached hydrogen (secondary N) is 1. The van der Waals surface area contributed by atoms with Crippen LogP contribution in [-0.4, -0.2) is 27.5 Å². The maximum absolute atomic E-state index is 13.0. The Morgan fingerprint density at radius 2 is 2.04 bits per heavy atom. The summed E-state index contributed by atoms with van der Waals surface area (Å²) in [5.41, 5.74) is 7.11. The number of halogens is 4. The van der Waals surface area contributed by atoms with Crippen LogP contribution in [0.4, 0.5) is 19.1 Å². The van der Waals surface area contributed by atoms with E-state index in [-0.39, 0.29) is 17.7 Å². The van der Waals surface area contributed by atoms with E-state index in [0.717, 1.165) is 5.56 Å². The average molecular weight is 402 g/mol. The van der Waals surface area contributed by atoms with Crippen molar-refractivity contribution >= 4 is 23.4 Å². The van der Waals surface area contributed by atoms with Gasteiger partial charge < -0.3 is 15.8 Å². The second-order valence-electron chi connectivity index (χ2n) is 5.78. The molecule has 0 fully saturated rings. The van der Waals surface area contributed by atoms with E-state index >= 15 is 0 Å². The Balaban J connectivity index is 2.23. The van der Waals surface area contributed by atoms with Gasteiger partial charge in [0.05, 0.1) is 5.03 Å². The molecule has 0 saturated heterocycles. The van der Waals surface area contributed by atoms with Crippen molar-refractivity contribution in [2.24, 2.45) is 0 Å². The third-order valence-corrected chi connectivity index (χ3v) is 4.03. The molecule has 1 unspecified atom stereocenters. The van der Waals surface area contributed by atoms with E-state index in [0.29, 0.717) is 16.4 Å². The number of anilines is 1. The molecule has 6 nitrogen and oxygen atoms in total. The number of allylic oxidation sites excluding steroid dienone is 2. The van der Waals surface area contributed by atoms with Gasteiger partial charge in [0.2, 0.25) is 5.95 Å². The number of benzene rings is 1. The maximum Gasteiger partial charge on any atom is 0.427 e. The molecule has 27 heavy (non-hydrogen) atoms. The standard InChI is InChI=1S/C17H19ClF3N5O/c1-10(2)14(18)15(26-16(22)23-9-24-26)25-11(3)12-4-6-13(7-5-12)27-17(20,21)8-19/h4-7,9,11,25H,1,8H2,2-3H3,(H2,22,23,24)/b15-14+. The molecule has 2 aromatic rings. The van der Waals surface area contributed by atoms with Crippen LogP contribution in [0.15, 0.2) is 47.8 Å². The highest BCUT2D eigenvalue weighted by Crippen LogP contribution is 2.26. The molecule has 146 valence electrons. The van der Waals surface area contributed by atoms with E-state index in [1.54, 1.807) is 19.1 Å². The molecular weight excluding hydrogens is 383 g/mol. The van der Waals surface area contributed by atoms with Crippen molar-refractivity contribution in [1.82, 2.24) is 20.1 Å². The lowest BCUT2D eigenvalue weighted by Crippen LogP contribution is -2.27. The summed E-state index contributed by atoms with van der Waals surface area (Å²) in [4.78, 5) is 3.86. The molecule has 0 amide bonds. The van der Waals surface area contributed by atoms with Crippen LogP contribution >= 0.6 is 11.6 Å². The molecule has 0 bridgehead atoms. The third kappa shape index (κ3) is 5.16. The summed E-state index contributed by atoms with van der Waals surface area (Å²) in [5.74, 6) is 0.349. The first-order valence-electron chi connectivity index (χ1n) is 7.85. The number of alkyl halides is 3. The predicted octanol–water partition coefficient (Wildman–Crippen LogP) is 4.09. The van der Waals surface area contributed by atoms with Gasteiger partial charge in [-0.1, -0.05) is 30.3 Å². The smallest absolute Gasteiger partial charge is 0.427 e. The number of rotatable bonds is 8. The number of ether oxygens (including phenoxy) is 1. The van der Waals surface area contributed by atoms with Gasteiger partial charge in [-0.3, -0.25) is 0 Å². The topological polar surface area (TPSA) is 78.0 Å². The number of nitrogens with two attached hydrogens (primary N) is 1. The number of aromatic nitrogens is 3. The van der Waals surface area contributed by atoms with Gasteiger partial charge in [0.1, 0.15) is 12.1 Å². The SMILES string of the molecule is C=C(C)/C(Cl)=C(/NC(C)c1ccc(OC(F)(F)CF)cc1)n1ncnc1N. The summed E-state index contributed by atoms with van der Waals surface area (Å²) in [6.07, 6.45) is -2.58. The first-order chi connectivity index (χ1) is 12.6. The van der Waals surface area contributed by atoms with Gasteiger partial charge in [0.25, 0.3) is 0 Å². The Morgan fingerprint density at radius 3 is 2.52 bits per heavy atom. The molecule has 1 heterocycles. The summed E-state index contributed by atoms with van der Waals surface area (Å²) >= 11 is 6.33. The third-order valence-electron chi connectivity index (χ3n) is 3.52. The van der Waals surface area contributed by atoms with E-state index in [1.807, 2.05) is 6.92 Å². The predicted molar refractivity (Wildman–Crippen MR) is 97.9 cm³/mol. The van der Waals surface area contributed by atoms with Gasteiger partial charge in [0.15, 0.2) is 12.5 Å². The van der Waals surface area contributed by atoms with Crippen molar-refractivity contribution in [3.8, 4) is 5.75 Å². The number of hydrogen-bond donors (Lipinski definition) is 2. The molecule has 0 aliphatic carbocycles. The second-order valence-corrected chi connectivity index (χ2v) is 6.16. The van der Waals surface area contributed by atoms with E-state index < -0.39 is 12.8 Å². The monoisotopic (exact) mass is 401 g/mol. The van der Waals surface area contributed by atoms with Crippen LogP contribution in [0, 0.1) is 0 Å². The lowest BCUT2D eigenvalue weighted by atomic mass is 10.1. The van der Waals surface area contributed by atoms with Crippen molar-refractivity contribution in [3.05, 3.63) is 53.3 Å². The van der Waals surface area contributed by atoms with E-state index in [4.69, 9.17) is 17.3 Å². The van der Waals surface area contributed by atoms with E-state index in [9.17, 15) is 13.2 Å². The van der Waals surface area contributed by atoms with Crippen LogP contribution < -0.4 is 15.8 Å². The first kappa shape index (κ1) is 20.6. The van der Waals surface area contributed by atoms with Gasteiger partial charge in [-0.2, -0.15) is 23.5 Å². The molecule has 0 radical (unpaired) electrons. The molecule has 3 N–H and O–H groups in total. The highest BCUT2D eigenvalue weighted by Gasteiger charge is 2.31. The summed E-state index contributed by atoms with van der Waals surface area (Å²) in [5, 5.41) is 7.49. The first-order valence-corrected chi connectivity index (χ1v) is 8.23. The van der Waals surface area contributed by atoms with Gasteiger partial charge in [0, 0.05) is 6.04 Å². The van der Waals surface area contributed by atoms with E-state index in [2.05, 4.69) is 26.7 Å². The largest absolute Gasteiger partial charge is 0.431 e. The fraction of sp³-hybridized carbons (Fsp3) is 0.294. The average Bonchev–Trinajstić information content (AvgIpc) is 3.05. The zero-order chi connectivity index (χ0) is 20.2. The Hall–Kier alpha value is -2.68. The normalized spacial score (nSPS) is 13.7. The number of nitrogen functional groups attached to an aromatic ring is 1. The number of nitrogens with zero attached hydrogens (tertiary/aromatic N) is 3. The maximum atomic E-state index is 13.0. The molecule has 1 aromatic carbocycles. The molecule has 10 heteroatoms. The van der Waals surface area contributed by atoms with Crippen LogP contribution in [0.25, 0.3) is 5.82 Å². The quantitative estimate of drug-likeness (QED) is 0.651. The van der Waals surface area contributed by atoms with Gasteiger partial charge in [-0.15, -0.1) is 0 Å². The fourth-order valence-electron chi connectivity index (χ4n) is 2.15. The van der Waals surface area contributed by atoms with Crippen LogP contribution in [0.2, 0.25) is 0 Å². The summed E-state index contributed by atoms with van der Waals surface area (Å²) in [6.45, 7) is 5.44.